The Labute approximate surface area is 83.3 Å². The van der Waals surface area contributed by atoms with Crippen molar-refractivity contribution in [3.8, 4) is 0 Å². The summed E-state index contributed by atoms with van der Waals surface area (Å²) >= 11 is 0. The lowest BCUT2D eigenvalue weighted by atomic mass is 10.3. The molecule has 0 aromatic rings. The summed E-state index contributed by atoms with van der Waals surface area (Å²) in [5.74, 6) is 0. The van der Waals surface area contributed by atoms with Gasteiger partial charge < -0.3 is 29.2 Å². The van der Waals surface area contributed by atoms with Gasteiger partial charge in [0, 0.05) is 0 Å². The molecule has 1 atom stereocenters. The summed E-state index contributed by atoms with van der Waals surface area (Å²) in [6.45, 7) is 0.848. The summed E-state index contributed by atoms with van der Waals surface area (Å²) in [6, 6.07) is 0. The minimum absolute atomic E-state index is 0. The third-order valence-corrected chi connectivity index (χ3v) is 1.49. The molecule has 0 saturated carbocycles. The van der Waals surface area contributed by atoms with E-state index < -0.39 is 0 Å². The van der Waals surface area contributed by atoms with Crippen LogP contribution in [0.1, 0.15) is 0 Å². The molecule has 1 unspecified atom stereocenters. The highest BCUT2D eigenvalue weighted by atomic mass is 127. The molecular weight excluding hydrogens is 255 g/mol. The monoisotopic (exact) mass is 266 g/mol. The number of likely N-dealkylation sites (N-methyl/N-ethyl adjacent to an activating group) is 1. The molecule has 0 bridgehead atoms. The van der Waals surface area contributed by atoms with Gasteiger partial charge in [-0.25, -0.2) is 0 Å². The van der Waals surface area contributed by atoms with Crippen LogP contribution in [0.3, 0.4) is 0 Å². The van der Waals surface area contributed by atoms with E-state index in [4.69, 9.17) is 5.21 Å². The fourth-order valence-corrected chi connectivity index (χ4v) is 0.877. The van der Waals surface area contributed by atoms with Crippen molar-refractivity contribution in [3.63, 3.8) is 0 Å². The Morgan fingerprint density at radius 2 is 2.27 bits per heavy atom. The van der Waals surface area contributed by atoms with E-state index in [1.54, 1.807) is 0 Å². The van der Waals surface area contributed by atoms with Gasteiger partial charge in [0.2, 0.25) is 6.34 Å². The van der Waals surface area contributed by atoms with Crippen LogP contribution in [-0.4, -0.2) is 29.6 Å². The normalized spacial score (nSPS) is 28.8. The lowest BCUT2D eigenvalue weighted by Crippen LogP contribution is -3.00. The van der Waals surface area contributed by atoms with Gasteiger partial charge >= 0.3 is 0 Å². The summed E-state index contributed by atoms with van der Waals surface area (Å²) < 4.78 is 0.535. The van der Waals surface area contributed by atoms with Crippen molar-refractivity contribution in [2.45, 2.75) is 0 Å². The SMILES string of the molecule is C[N+]1(C=NO)C=CC=CC1.[I-]. The molecule has 0 spiro atoms. The number of quaternary nitrogens is 1. The van der Waals surface area contributed by atoms with Gasteiger partial charge in [0.15, 0.2) is 0 Å². The van der Waals surface area contributed by atoms with Gasteiger partial charge in [0.05, 0.1) is 7.05 Å². The molecule has 1 aliphatic heterocycles. The zero-order valence-electron chi connectivity index (χ0n) is 6.31. The van der Waals surface area contributed by atoms with E-state index in [1.807, 2.05) is 31.5 Å². The van der Waals surface area contributed by atoms with Crippen LogP contribution in [0.5, 0.6) is 0 Å². The first-order chi connectivity index (χ1) is 4.77. The smallest absolute Gasteiger partial charge is 0.229 e. The third kappa shape index (κ3) is 3.02. The molecule has 3 nitrogen and oxygen atoms in total. The zero-order valence-corrected chi connectivity index (χ0v) is 8.47. The third-order valence-electron chi connectivity index (χ3n) is 1.49. The number of halogens is 1. The predicted molar refractivity (Wildman–Crippen MR) is 39.6 cm³/mol. The van der Waals surface area contributed by atoms with Gasteiger partial charge in [-0.2, -0.15) is 0 Å². The van der Waals surface area contributed by atoms with Crippen molar-refractivity contribution in [3.05, 3.63) is 24.4 Å². The van der Waals surface area contributed by atoms with Crippen LogP contribution in [0.25, 0.3) is 0 Å². The van der Waals surface area contributed by atoms with E-state index in [1.165, 1.54) is 6.34 Å². The summed E-state index contributed by atoms with van der Waals surface area (Å²) in [5, 5.41) is 11.3. The van der Waals surface area contributed by atoms with Gasteiger partial charge in [-0.05, 0) is 17.3 Å². The molecule has 0 aliphatic carbocycles. The van der Waals surface area contributed by atoms with Crippen LogP contribution in [0.4, 0.5) is 0 Å². The largest absolute Gasteiger partial charge is 1.00 e. The van der Waals surface area contributed by atoms with Crippen LogP contribution in [0.15, 0.2) is 29.6 Å². The zero-order chi connectivity index (χ0) is 7.45. The van der Waals surface area contributed by atoms with Crippen molar-refractivity contribution in [1.29, 1.82) is 0 Å². The standard InChI is InChI=1S/C7H10N2O.HI/c1-9(7-8-10)5-3-2-4-6-9;/h2-5,7H,6H2,1H3;1H. The average Bonchev–Trinajstić information content (AvgIpc) is 1.89. The molecule has 0 amide bonds. The maximum atomic E-state index is 8.28. The lowest BCUT2D eigenvalue weighted by molar-refractivity contribution is -0.753. The first kappa shape index (κ1) is 10.6. The molecule has 62 valence electrons. The topological polar surface area (TPSA) is 32.6 Å². The Kier molecular flexibility index (Phi) is 4.36. The first-order valence-corrected chi connectivity index (χ1v) is 3.15. The summed E-state index contributed by atoms with van der Waals surface area (Å²) in [7, 11) is 1.96. The van der Waals surface area contributed by atoms with Crippen molar-refractivity contribution < 1.29 is 33.7 Å². The summed E-state index contributed by atoms with van der Waals surface area (Å²) in [5.41, 5.74) is 0. The second kappa shape index (κ2) is 4.50. The molecule has 0 aromatic carbocycles. The molecule has 1 N–H and O–H groups in total. The van der Waals surface area contributed by atoms with Gasteiger partial charge in [0.1, 0.15) is 12.7 Å². The molecule has 1 aliphatic rings. The number of oxime groups is 1. The van der Waals surface area contributed by atoms with Gasteiger partial charge in [-0.1, -0.05) is 6.08 Å². The highest BCUT2D eigenvalue weighted by Gasteiger charge is 2.15. The first-order valence-electron chi connectivity index (χ1n) is 3.15. The molecule has 1 heterocycles. The molecule has 0 aromatic heterocycles. The fourth-order valence-electron chi connectivity index (χ4n) is 0.877. The molecule has 0 fully saturated rings. The van der Waals surface area contributed by atoms with E-state index >= 15 is 0 Å². The van der Waals surface area contributed by atoms with Gasteiger partial charge in [-0.3, -0.25) is 4.48 Å². The number of hydrogen-bond acceptors (Lipinski definition) is 2. The average molecular weight is 266 g/mol. The van der Waals surface area contributed by atoms with E-state index in [0.29, 0.717) is 4.48 Å². The Balaban J connectivity index is 0.000001000. The summed E-state index contributed by atoms with van der Waals surface area (Å²) in [4.78, 5) is 0. The Hall–Kier alpha value is -0.360. The minimum atomic E-state index is 0. The van der Waals surface area contributed by atoms with Crippen LogP contribution in [-0.2, 0) is 0 Å². The van der Waals surface area contributed by atoms with E-state index in [2.05, 4.69) is 5.16 Å². The maximum Gasteiger partial charge on any atom is 0.229 e. The number of allylic oxidation sites excluding steroid dienone is 2. The second-order valence-corrected chi connectivity index (χ2v) is 2.53. The highest BCUT2D eigenvalue weighted by Crippen LogP contribution is 2.04. The number of nitrogens with zero attached hydrogens (tertiary/aromatic N) is 2. The minimum Gasteiger partial charge on any atom is -1.00 e. The van der Waals surface area contributed by atoms with E-state index in [-0.39, 0.29) is 24.0 Å². The van der Waals surface area contributed by atoms with E-state index in [0.717, 1.165) is 6.54 Å². The molecule has 11 heavy (non-hydrogen) atoms. The molecule has 4 heteroatoms. The second-order valence-electron chi connectivity index (χ2n) is 2.53. The highest BCUT2D eigenvalue weighted by molar-refractivity contribution is 5.46. The Bertz CT molecular complexity index is 201. The fraction of sp³-hybridized carbons (Fsp3) is 0.286. The lowest BCUT2D eigenvalue weighted by Gasteiger charge is -2.23. The Morgan fingerprint density at radius 1 is 1.55 bits per heavy atom. The predicted octanol–water partition coefficient (Wildman–Crippen LogP) is -2.06. The van der Waals surface area contributed by atoms with Gasteiger partial charge in [0.25, 0.3) is 0 Å². The quantitative estimate of drug-likeness (QED) is 0.145. The molecular formula is C7H11IN2O. The summed E-state index contributed by atoms with van der Waals surface area (Å²) in [6.07, 6.45) is 9.39. The number of rotatable bonds is 1. The van der Waals surface area contributed by atoms with Crippen molar-refractivity contribution in [2.24, 2.45) is 5.16 Å². The molecule has 0 saturated heterocycles. The van der Waals surface area contributed by atoms with E-state index in [9.17, 15) is 0 Å². The van der Waals surface area contributed by atoms with Crippen LogP contribution in [0, 0.1) is 0 Å². The van der Waals surface area contributed by atoms with Crippen molar-refractivity contribution in [2.75, 3.05) is 13.6 Å². The van der Waals surface area contributed by atoms with Crippen LogP contribution >= 0.6 is 0 Å². The van der Waals surface area contributed by atoms with Gasteiger partial charge in [-0.15, -0.1) is 0 Å². The Morgan fingerprint density at radius 3 is 2.73 bits per heavy atom. The van der Waals surface area contributed by atoms with Crippen molar-refractivity contribution in [1.82, 2.24) is 0 Å². The van der Waals surface area contributed by atoms with Crippen molar-refractivity contribution >= 4 is 6.34 Å². The molecule has 1 rings (SSSR count). The maximum absolute atomic E-state index is 8.28. The van der Waals surface area contributed by atoms with Crippen LogP contribution < -0.4 is 24.0 Å². The van der Waals surface area contributed by atoms with Crippen LogP contribution in [0.2, 0.25) is 0 Å². The number of hydrogen-bond donors (Lipinski definition) is 1. The molecule has 0 radical (unpaired) electrons.